The van der Waals surface area contributed by atoms with Gasteiger partial charge in [-0.1, -0.05) is 41.9 Å². The maximum Gasteiger partial charge on any atom is 0.226 e. The van der Waals surface area contributed by atoms with E-state index in [2.05, 4.69) is 9.88 Å². The van der Waals surface area contributed by atoms with Gasteiger partial charge in [-0.3, -0.25) is 4.79 Å². The number of amides is 1. The van der Waals surface area contributed by atoms with Crippen LogP contribution in [0.3, 0.4) is 0 Å². The van der Waals surface area contributed by atoms with E-state index in [0.717, 1.165) is 28.1 Å². The number of aromatic nitrogens is 2. The summed E-state index contributed by atoms with van der Waals surface area (Å²) in [6.45, 7) is 3.77. The fourth-order valence-corrected chi connectivity index (χ4v) is 6.50. The van der Waals surface area contributed by atoms with Crippen LogP contribution in [-0.4, -0.2) is 60.3 Å². The van der Waals surface area contributed by atoms with Crippen molar-refractivity contribution in [2.45, 2.75) is 25.8 Å². The molecular weight excluding hydrogens is 460 g/mol. The second kappa shape index (κ2) is 8.65. The molecule has 1 unspecified atom stereocenters. The molecule has 2 aromatic carbocycles. The van der Waals surface area contributed by atoms with Gasteiger partial charge in [0.05, 0.1) is 28.6 Å². The van der Waals surface area contributed by atoms with E-state index < -0.39 is 9.84 Å². The van der Waals surface area contributed by atoms with Crippen LogP contribution < -0.4 is 4.90 Å². The summed E-state index contributed by atoms with van der Waals surface area (Å²) in [5.41, 5.74) is 3.81. The predicted molar refractivity (Wildman–Crippen MR) is 130 cm³/mol. The lowest BCUT2D eigenvalue weighted by Gasteiger charge is -2.43. The fraction of sp³-hybridized carbons (Fsp3) is 0.417. The number of piperazine rings is 1. The Morgan fingerprint density at radius 3 is 2.58 bits per heavy atom. The molecule has 2 aliphatic rings. The molecule has 2 aliphatic heterocycles. The Labute approximate surface area is 198 Å². The van der Waals surface area contributed by atoms with Crippen molar-refractivity contribution in [3.05, 3.63) is 58.6 Å². The lowest BCUT2D eigenvalue weighted by Crippen LogP contribution is -2.53. The number of hydrogen-bond acceptors (Lipinski definition) is 5. The minimum absolute atomic E-state index is 0.0606. The van der Waals surface area contributed by atoms with Crippen LogP contribution in [0.5, 0.6) is 0 Å². The zero-order valence-electron chi connectivity index (χ0n) is 18.5. The molecule has 0 aliphatic carbocycles. The van der Waals surface area contributed by atoms with Crippen LogP contribution in [0.2, 0.25) is 5.02 Å². The van der Waals surface area contributed by atoms with Gasteiger partial charge in [0.1, 0.15) is 9.84 Å². The van der Waals surface area contributed by atoms with Gasteiger partial charge in [0.25, 0.3) is 0 Å². The number of nitrogens with zero attached hydrogens (tertiary/aromatic N) is 3. The van der Waals surface area contributed by atoms with E-state index in [4.69, 9.17) is 16.6 Å². The summed E-state index contributed by atoms with van der Waals surface area (Å²) in [5, 5.41) is 0.688. The average Bonchev–Trinajstić information content (AvgIpc) is 3.22. The first kappa shape index (κ1) is 22.2. The molecule has 5 rings (SSSR count). The highest BCUT2D eigenvalue weighted by Crippen LogP contribution is 2.32. The molecule has 1 atom stereocenters. The molecule has 3 heterocycles. The van der Waals surface area contributed by atoms with Gasteiger partial charge < -0.3 is 14.8 Å². The second-order valence-corrected chi connectivity index (χ2v) is 11.7. The summed E-state index contributed by atoms with van der Waals surface area (Å²) >= 11 is 6.28. The minimum atomic E-state index is -3.01. The van der Waals surface area contributed by atoms with Gasteiger partial charge >= 0.3 is 0 Å². The van der Waals surface area contributed by atoms with Gasteiger partial charge in [-0.05, 0) is 43.0 Å². The monoisotopic (exact) mass is 486 g/mol. The number of H-pyrrole nitrogens is 1. The summed E-state index contributed by atoms with van der Waals surface area (Å²) in [4.78, 5) is 25.8. The minimum Gasteiger partial charge on any atom is -0.338 e. The normalized spacial score (nSPS) is 21.5. The molecule has 33 heavy (non-hydrogen) atoms. The molecule has 1 aromatic heterocycles. The first-order valence-corrected chi connectivity index (χ1v) is 13.5. The van der Waals surface area contributed by atoms with E-state index in [1.807, 2.05) is 54.3 Å². The van der Waals surface area contributed by atoms with Crippen molar-refractivity contribution in [2.24, 2.45) is 5.92 Å². The molecular formula is C24H27ClN4O3S. The number of carbonyl (C=O) groups is 1. The van der Waals surface area contributed by atoms with E-state index in [9.17, 15) is 13.2 Å². The number of rotatable bonds is 3. The van der Waals surface area contributed by atoms with Gasteiger partial charge in [-0.25, -0.2) is 13.4 Å². The maximum atomic E-state index is 13.5. The number of carbonyl (C=O) groups excluding carboxylic acids is 1. The lowest BCUT2D eigenvalue weighted by molar-refractivity contribution is -0.138. The average molecular weight is 487 g/mol. The van der Waals surface area contributed by atoms with E-state index >= 15 is 0 Å². The third kappa shape index (κ3) is 4.46. The molecule has 0 spiro atoms. The first-order chi connectivity index (χ1) is 15.8. The zero-order chi connectivity index (χ0) is 23.2. The number of benzene rings is 2. The van der Waals surface area contributed by atoms with Crippen molar-refractivity contribution in [2.75, 3.05) is 36.0 Å². The van der Waals surface area contributed by atoms with Crippen LogP contribution in [-0.2, 0) is 14.6 Å². The van der Waals surface area contributed by atoms with E-state index in [-0.39, 0.29) is 29.4 Å². The zero-order valence-corrected chi connectivity index (χ0v) is 20.1. The summed E-state index contributed by atoms with van der Waals surface area (Å²) in [5.74, 6) is 0.789. The van der Waals surface area contributed by atoms with Crippen LogP contribution in [0.4, 0.5) is 5.95 Å². The molecule has 0 bridgehead atoms. The Kier molecular flexibility index (Phi) is 5.82. The molecule has 1 N–H and O–H groups in total. The Morgan fingerprint density at radius 2 is 1.85 bits per heavy atom. The number of aromatic amines is 1. The van der Waals surface area contributed by atoms with Gasteiger partial charge in [-0.2, -0.15) is 0 Å². The third-order valence-corrected chi connectivity index (χ3v) is 8.92. The smallest absolute Gasteiger partial charge is 0.226 e. The fourth-order valence-electron chi connectivity index (χ4n) is 4.85. The van der Waals surface area contributed by atoms with Crippen molar-refractivity contribution < 1.29 is 13.2 Å². The number of hydrogen-bond donors (Lipinski definition) is 1. The number of sulfone groups is 1. The molecule has 0 saturated carbocycles. The first-order valence-electron chi connectivity index (χ1n) is 11.3. The standard InChI is InChI=1S/C24H27ClN4O3S/c1-16-13-20-21(14-19(16)25)27-24(26-20)28-9-10-29(22(15-28)17-5-3-2-4-6-17)23(30)18-7-11-33(31,32)12-8-18/h2-6,13-14,18,22H,7-12,15H2,1H3,(H,26,27). The van der Waals surface area contributed by atoms with Crippen molar-refractivity contribution in [3.8, 4) is 0 Å². The molecule has 174 valence electrons. The Balaban J connectivity index is 1.42. The number of nitrogens with one attached hydrogen (secondary N) is 1. The molecule has 0 radical (unpaired) electrons. The predicted octanol–water partition coefficient (Wildman–Crippen LogP) is 3.74. The second-order valence-electron chi connectivity index (χ2n) is 9.01. The molecule has 9 heteroatoms. The molecule has 2 fully saturated rings. The van der Waals surface area contributed by atoms with Gasteiger partial charge in [-0.15, -0.1) is 0 Å². The number of aryl methyl sites for hydroxylation is 1. The topological polar surface area (TPSA) is 86.4 Å². The summed E-state index contributed by atoms with van der Waals surface area (Å²) in [6.07, 6.45) is 0.819. The van der Waals surface area contributed by atoms with Crippen LogP contribution in [0.1, 0.15) is 30.0 Å². The molecule has 1 amide bonds. The van der Waals surface area contributed by atoms with Crippen LogP contribution in [0.25, 0.3) is 11.0 Å². The Morgan fingerprint density at radius 1 is 1.12 bits per heavy atom. The van der Waals surface area contributed by atoms with Crippen molar-refractivity contribution >= 4 is 44.3 Å². The lowest BCUT2D eigenvalue weighted by atomic mass is 9.96. The number of fused-ring (bicyclic) bond motifs is 1. The molecule has 2 saturated heterocycles. The highest BCUT2D eigenvalue weighted by atomic mass is 35.5. The van der Waals surface area contributed by atoms with Gasteiger partial charge in [0.15, 0.2) is 0 Å². The van der Waals surface area contributed by atoms with E-state index in [1.165, 1.54) is 0 Å². The maximum absolute atomic E-state index is 13.5. The Hall–Kier alpha value is -2.58. The quantitative estimate of drug-likeness (QED) is 0.609. The third-order valence-electron chi connectivity index (χ3n) is 6.80. The van der Waals surface area contributed by atoms with Crippen LogP contribution in [0, 0.1) is 12.8 Å². The highest BCUT2D eigenvalue weighted by molar-refractivity contribution is 7.91. The summed E-state index contributed by atoms with van der Waals surface area (Å²) < 4.78 is 23.7. The van der Waals surface area contributed by atoms with E-state index in [1.54, 1.807) is 0 Å². The van der Waals surface area contributed by atoms with Crippen molar-refractivity contribution in [1.82, 2.24) is 14.9 Å². The number of halogens is 1. The number of imidazole rings is 1. The van der Waals surface area contributed by atoms with Gasteiger partial charge in [0.2, 0.25) is 11.9 Å². The summed E-state index contributed by atoms with van der Waals surface area (Å²) in [7, 11) is -3.01. The van der Waals surface area contributed by atoms with E-state index in [0.29, 0.717) is 37.5 Å². The van der Waals surface area contributed by atoms with Crippen molar-refractivity contribution in [1.29, 1.82) is 0 Å². The van der Waals surface area contributed by atoms with Crippen molar-refractivity contribution in [3.63, 3.8) is 0 Å². The SMILES string of the molecule is Cc1cc2[nH]c(N3CCN(C(=O)C4CCS(=O)(=O)CC4)C(c4ccccc4)C3)nc2cc1Cl. The largest absolute Gasteiger partial charge is 0.338 e. The van der Waals surface area contributed by atoms with Gasteiger partial charge in [0, 0.05) is 30.6 Å². The van der Waals surface area contributed by atoms with Crippen LogP contribution >= 0.6 is 11.6 Å². The highest BCUT2D eigenvalue weighted by Gasteiger charge is 2.37. The summed E-state index contributed by atoms with van der Waals surface area (Å²) in [6, 6.07) is 13.8. The number of anilines is 1. The molecule has 7 nitrogen and oxygen atoms in total. The Bertz CT molecular complexity index is 1240. The molecule has 3 aromatic rings. The van der Waals surface area contributed by atoms with Crippen LogP contribution in [0.15, 0.2) is 42.5 Å².